The molecule has 0 spiro atoms. The molecular formula is C17H14F2N2. The van der Waals surface area contributed by atoms with Gasteiger partial charge >= 0.3 is 0 Å². The maximum Gasteiger partial charge on any atom is 0.137 e. The lowest BCUT2D eigenvalue weighted by molar-refractivity contribution is 0.592. The molecule has 2 aromatic carbocycles. The van der Waals surface area contributed by atoms with Crippen molar-refractivity contribution < 1.29 is 8.78 Å². The second-order valence-corrected chi connectivity index (χ2v) is 4.73. The van der Waals surface area contributed by atoms with E-state index in [0.717, 1.165) is 11.6 Å². The van der Waals surface area contributed by atoms with E-state index < -0.39 is 11.6 Å². The zero-order valence-corrected chi connectivity index (χ0v) is 11.5. The van der Waals surface area contributed by atoms with Crippen molar-refractivity contribution in [2.45, 2.75) is 6.92 Å². The maximum atomic E-state index is 14.0. The number of hydrogen-bond acceptors (Lipinski definition) is 2. The van der Waals surface area contributed by atoms with Crippen molar-refractivity contribution in [1.29, 1.82) is 0 Å². The lowest BCUT2D eigenvalue weighted by atomic mass is 10.1. The van der Waals surface area contributed by atoms with Gasteiger partial charge in [-0.3, -0.25) is 0 Å². The Morgan fingerprint density at radius 3 is 2.52 bits per heavy atom. The molecule has 21 heavy (non-hydrogen) atoms. The summed E-state index contributed by atoms with van der Waals surface area (Å²) in [5.74, 6) is -1.23. The van der Waals surface area contributed by atoms with Crippen molar-refractivity contribution in [2.75, 3.05) is 11.9 Å². The number of fused-ring (bicyclic) bond motifs is 1. The Balaban J connectivity index is 2.29. The van der Waals surface area contributed by atoms with Gasteiger partial charge in [-0.15, -0.1) is 0 Å². The van der Waals surface area contributed by atoms with Gasteiger partial charge in [0.25, 0.3) is 0 Å². The number of halogens is 2. The molecule has 1 N–H and O–H groups in total. The summed E-state index contributed by atoms with van der Waals surface area (Å²) in [4.78, 5) is 4.39. The van der Waals surface area contributed by atoms with E-state index in [1.165, 1.54) is 6.07 Å². The van der Waals surface area contributed by atoms with Gasteiger partial charge in [-0.05, 0) is 13.0 Å². The monoisotopic (exact) mass is 284 g/mol. The minimum Gasteiger partial charge on any atom is -0.385 e. The van der Waals surface area contributed by atoms with E-state index in [1.54, 1.807) is 6.07 Å². The highest BCUT2D eigenvalue weighted by atomic mass is 19.1. The van der Waals surface area contributed by atoms with Crippen LogP contribution in [0.15, 0.2) is 48.5 Å². The lowest BCUT2D eigenvalue weighted by Crippen LogP contribution is -2.01. The highest BCUT2D eigenvalue weighted by Crippen LogP contribution is 2.30. The molecule has 2 nitrogen and oxygen atoms in total. The summed E-state index contributed by atoms with van der Waals surface area (Å²) in [5, 5.41) is 3.44. The molecule has 0 aliphatic rings. The fourth-order valence-electron chi connectivity index (χ4n) is 2.37. The second kappa shape index (κ2) is 5.48. The number of nitrogens with one attached hydrogen (secondary N) is 1. The molecule has 0 bridgehead atoms. The Labute approximate surface area is 121 Å². The van der Waals surface area contributed by atoms with Gasteiger partial charge in [0.05, 0.1) is 16.6 Å². The number of rotatable bonds is 3. The third-order valence-electron chi connectivity index (χ3n) is 3.26. The van der Waals surface area contributed by atoms with Crippen LogP contribution in [0.5, 0.6) is 0 Å². The van der Waals surface area contributed by atoms with Crippen molar-refractivity contribution >= 4 is 16.6 Å². The maximum absolute atomic E-state index is 14.0. The van der Waals surface area contributed by atoms with Gasteiger partial charge < -0.3 is 5.32 Å². The smallest absolute Gasteiger partial charge is 0.137 e. The summed E-state index contributed by atoms with van der Waals surface area (Å²) in [6.45, 7) is 2.57. The fourth-order valence-corrected chi connectivity index (χ4v) is 2.37. The topological polar surface area (TPSA) is 24.9 Å². The number of pyridine rings is 1. The molecule has 4 heteroatoms. The zero-order valence-electron chi connectivity index (χ0n) is 11.5. The Morgan fingerprint density at radius 2 is 1.81 bits per heavy atom. The van der Waals surface area contributed by atoms with E-state index in [9.17, 15) is 8.78 Å². The molecule has 0 aliphatic carbocycles. The van der Waals surface area contributed by atoms with Crippen molar-refractivity contribution in [1.82, 2.24) is 4.98 Å². The number of benzene rings is 2. The van der Waals surface area contributed by atoms with Crippen LogP contribution in [-0.4, -0.2) is 11.5 Å². The highest BCUT2D eigenvalue weighted by Gasteiger charge is 2.12. The molecule has 0 atom stereocenters. The Hall–Kier alpha value is -2.49. The van der Waals surface area contributed by atoms with Gasteiger partial charge in [0, 0.05) is 29.9 Å². The van der Waals surface area contributed by atoms with Gasteiger partial charge in [0.2, 0.25) is 0 Å². The minimum atomic E-state index is -0.625. The van der Waals surface area contributed by atoms with E-state index in [2.05, 4.69) is 10.3 Å². The molecule has 0 radical (unpaired) electrons. The van der Waals surface area contributed by atoms with Crippen LogP contribution in [0.1, 0.15) is 6.92 Å². The van der Waals surface area contributed by atoms with E-state index in [4.69, 9.17) is 0 Å². The molecule has 0 aliphatic heterocycles. The van der Waals surface area contributed by atoms with E-state index >= 15 is 0 Å². The molecule has 1 aromatic heterocycles. The minimum absolute atomic E-state index is 0.310. The second-order valence-electron chi connectivity index (χ2n) is 4.73. The molecule has 0 saturated carbocycles. The summed E-state index contributed by atoms with van der Waals surface area (Å²) >= 11 is 0. The van der Waals surface area contributed by atoms with E-state index in [1.807, 2.05) is 37.3 Å². The van der Waals surface area contributed by atoms with Gasteiger partial charge in [-0.2, -0.15) is 0 Å². The number of nitrogens with zero attached hydrogens (tertiary/aromatic N) is 1. The van der Waals surface area contributed by atoms with Crippen molar-refractivity contribution in [3.8, 4) is 11.3 Å². The van der Waals surface area contributed by atoms with Crippen LogP contribution in [0.2, 0.25) is 0 Å². The van der Waals surface area contributed by atoms with Crippen LogP contribution in [0, 0.1) is 11.6 Å². The number of hydrogen-bond donors (Lipinski definition) is 1. The van der Waals surface area contributed by atoms with Crippen LogP contribution in [-0.2, 0) is 0 Å². The fraction of sp³-hybridized carbons (Fsp3) is 0.118. The molecule has 0 fully saturated rings. The van der Waals surface area contributed by atoms with Gasteiger partial charge in [-0.25, -0.2) is 13.8 Å². The first-order valence-corrected chi connectivity index (χ1v) is 6.78. The van der Waals surface area contributed by atoms with E-state index in [0.29, 0.717) is 28.8 Å². The molecule has 0 unspecified atom stereocenters. The average Bonchev–Trinajstić information content (AvgIpc) is 2.47. The van der Waals surface area contributed by atoms with Crippen LogP contribution in [0.25, 0.3) is 22.2 Å². The molecule has 3 aromatic rings. The molecule has 106 valence electrons. The lowest BCUT2D eigenvalue weighted by Gasteiger charge is -2.11. The predicted octanol–water partition coefficient (Wildman–Crippen LogP) is 4.61. The number of anilines is 1. The highest BCUT2D eigenvalue weighted by molar-refractivity contribution is 5.94. The average molecular weight is 284 g/mol. The van der Waals surface area contributed by atoms with Gasteiger partial charge in [-0.1, -0.05) is 30.3 Å². The van der Waals surface area contributed by atoms with Crippen molar-refractivity contribution in [3.63, 3.8) is 0 Å². The summed E-state index contributed by atoms with van der Waals surface area (Å²) in [6, 6.07) is 13.5. The molecule has 0 amide bonds. The summed E-state index contributed by atoms with van der Waals surface area (Å²) in [6.07, 6.45) is 0. The van der Waals surface area contributed by atoms with Crippen molar-refractivity contribution in [2.24, 2.45) is 0 Å². The van der Waals surface area contributed by atoms with Crippen LogP contribution >= 0.6 is 0 Å². The third-order valence-corrected chi connectivity index (χ3v) is 3.26. The molecular weight excluding hydrogens is 270 g/mol. The van der Waals surface area contributed by atoms with Crippen molar-refractivity contribution in [3.05, 3.63) is 60.2 Å². The summed E-state index contributed by atoms with van der Waals surface area (Å²) in [7, 11) is 0. The first-order chi connectivity index (χ1) is 10.2. The number of aromatic nitrogens is 1. The zero-order chi connectivity index (χ0) is 14.8. The normalized spacial score (nSPS) is 10.8. The Kier molecular flexibility index (Phi) is 3.52. The first kappa shape index (κ1) is 13.5. The van der Waals surface area contributed by atoms with Crippen LogP contribution < -0.4 is 5.32 Å². The third kappa shape index (κ3) is 2.57. The SMILES string of the molecule is CCNc1cc(-c2ccccc2)nc2cc(F)cc(F)c12. The summed E-state index contributed by atoms with van der Waals surface area (Å²) in [5.41, 5.74) is 2.52. The quantitative estimate of drug-likeness (QED) is 0.759. The standard InChI is InChI=1S/C17H14F2N2/c1-2-20-15-10-14(11-6-4-3-5-7-11)21-16-9-12(18)8-13(19)17(15)16/h3-10H,2H2,1H3,(H,20,21). The van der Waals surface area contributed by atoms with E-state index in [-0.39, 0.29) is 0 Å². The van der Waals surface area contributed by atoms with Gasteiger partial charge in [0.15, 0.2) is 0 Å². The van der Waals surface area contributed by atoms with Crippen LogP contribution in [0.4, 0.5) is 14.5 Å². The Bertz CT molecular complexity index is 786. The largest absolute Gasteiger partial charge is 0.385 e. The van der Waals surface area contributed by atoms with Crippen LogP contribution in [0.3, 0.4) is 0 Å². The Morgan fingerprint density at radius 1 is 1.05 bits per heavy atom. The van der Waals surface area contributed by atoms with Gasteiger partial charge in [0.1, 0.15) is 11.6 Å². The first-order valence-electron chi connectivity index (χ1n) is 6.78. The molecule has 3 rings (SSSR count). The summed E-state index contributed by atoms with van der Waals surface area (Å²) < 4.78 is 27.5. The molecule has 0 saturated heterocycles. The predicted molar refractivity (Wildman–Crippen MR) is 81.3 cm³/mol. The molecule has 1 heterocycles.